The lowest BCUT2D eigenvalue weighted by Gasteiger charge is -2.06. The van der Waals surface area contributed by atoms with Crippen LogP contribution < -0.4 is 10.1 Å². The Labute approximate surface area is 103 Å². The number of carbonyl (C=O) groups excluding carboxylic acids is 1. The van der Waals surface area contributed by atoms with Gasteiger partial charge in [-0.3, -0.25) is 4.79 Å². The van der Waals surface area contributed by atoms with E-state index in [0.29, 0.717) is 16.5 Å². The molecule has 6 heteroatoms. The molecular formula is C11H10ClNO4. The second-order valence-corrected chi connectivity index (χ2v) is 3.42. The minimum Gasteiger partial charge on any atom is -0.495 e. The average Bonchev–Trinajstić information content (AvgIpc) is 2.29. The summed E-state index contributed by atoms with van der Waals surface area (Å²) in [5.41, 5.74) is 0.464. The van der Waals surface area contributed by atoms with E-state index in [1.807, 2.05) is 0 Å². The highest BCUT2D eigenvalue weighted by Crippen LogP contribution is 2.27. The van der Waals surface area contributed by atoms with Crippen LogP contribution in [0, 0.1) is 0 Å². The number of carboxylic acid groups (broad SMARTS) is 1. The van der Waals surface area contributed by atoms with Crippen molar-refractivity contribution in [2.45, 2.75) is 0 Å². The number of halogens is 1. The number of amides is 1. The number of hydrogen-bond donors (Lipinski definition) is 2. The average molecular weight is 256 g/mol. The third kappa shape index (κ3) is 4.16. The van der Waals surface area contributed by atoms with E-state index >= 15 is 0 Å². The molecule has 90 valence electrons. The zero-order valence-corrected chi connectivity index (χ0v) is 9.69. The molecule has 1 amide bonds. The molecule has 0 saturated heterocycles. The summed E-state index contributed by atoms with van der Waals surface area (Å²) in [6.07, 6.45) is 1.67. The summed E-state index contributed by atoms with van der Waals surface area (Å²) in [6, 6.07) is 4.68. The predicted molar refractivity (Wildman–Crippen MR) is 63.4 cm³/mol. The number of anilines is 1. The zero-order chi connectivity index (χ0) is 12.8. The number of carbonyl (C=O) groups is 2. The van der Waals surface area contributed by atoms with E-state index in [1.54, 1.807) is 12.1 Å². The fourth-order valence-corrected chi connectivity index (χ4v) is 1.26. The molecule has 0 unspecified atom stereocenters. The van der Waals surface area contributed by atoms with Crippen LogP contribution >= 0.6 is 11.6 Å². The van der Waals surface area contributed by atoms with Crippen LogP contribution in [0.3, 0.4) is 0 Å². The quantitative estimate of drug-likeness (QED) is 0.806. The van der Waals surface area contributed by atoms with Gasteiger partial charge < -0.3 is 15.2 Å². The molecular weight excluding hydrogens is 246 g/mol. The molecule has 0 spiro atoms. The van der Waals surface area contributed by atoms with E-state index in [0.717, 1.165) is 12.2 Å². The topological polar surface area (TPSA) is 75.6 Å². The highest BCUT2D eigenvalue weighted by atomic mass is 35.5. The van der Waals surface area contributed by atoms with Gasteiger partial charge in [0.1, 0.15) is 5.75 Å². The fraction of sp³-hybridized carbons (Fsp3) is 0.0909. The Hall–Kier alpha value is -2.01. The Kier molecular flexibility index (Phi) is 4.54. The molecule has 1 aromatic carbocycles. The second kappa shape index (κ2) is 5.91. The van der Waals surface area contributed by atoms with E-state index < -0.39 is 11.9 Å². The zero-order valence-electron chi connectivity index (χ0n) is 8.94. The van der Waals surface area contributed by atoms with Crippen LogP contribution in [-0.4, -0.2) is 24.1 Å². The first kappa shape index (κ1) is 13.1. The molecule has 1 aromatic rings. The number of hydrogen-bond acceptors (Lipinski definition) is 3. The van der Waals surface area contributed by atoms with Gasteiger partial charge in [0.25, 0.3) is 0 Å². The van der Waals surface area contributed by atoms with E-state index in [9.17, 15) is 9.59 Å². The lowest BCUT2D eigenvalue weighted by Crippen LogP contribution is -2.08. The van der Waals surface area contributed by atoms with Gasteiger partial charge in [0.2, 0.25) is 5.91 Å². The van der Waals surface area contributed by atoms with Gasteiger partial charge in [0.05, 0.1) is 12.1 Å². The first-order chi connectivity index (χ1) is 8.02. The third-order valence-electron chi connectivity index (χ3n) is 1.80. The smallest absolute Gasteiger partial charge is 0.328 e. The number of rotatable bonds is 4. The van der Waals surface area contributed by atoms with Crippen LogP contribution in [0.2, 0.25) is 5.02 Å². The molecule has 0 aliphatic rings. The number of carboxylic acids is 1. The molecule has 0 fully saturated rings. The summed E-state index contributed by atoms with van der Waals surface area (Å²) in [5, 5.41) is 11.2. The lowest BCUT2D eigenvalue weighted by molar-refractivity contribution is -0.131. The lowest BCUT2D eigenvalue weighted by atomic mass is 10.3. The number of ether oxygens (including phenoxy) is 1. The van der Waals surface area contributed by atoms with Crippen LogP contribution in [0.5, 0.6) is 5.75 Å². The van der Waals surface area contributed by atoms with Gasteiger partial charge in [-0.05, 0) is 12.1 Å². The highest BCUT2D eigenvalue weighted by molar-refractivity contribution is 6.32. The predicted octanol–water partition coefficient (Wildman–Crippen LogP) is 1.93. The van der Waals surface area contributed by atoms with Gasteiger partial charge in [-0.2, -0.15) is 0 Å². The number of nitrogens with one attached hydrogen (secondary N) is 1. The molecule has 0 atom stereocenters. The third-order valence-corrected chi connectivity index (χ3v) is 2.11. The maximum absolute atomic E-state index is 11.3. The second-order valence-electron chi connectivity index (χ2n) is 3.01. The molecule has 0 aliphatic heterocycles. The van der Waals surface area contributed by atoms with Gasteiger partial charge in [-0.15, -0.1) is 0 Å². The summed E-state index contributed by atoms with van der Waals surface area (Å²) >= 11 is 5.81. The van der Waals surface area contributed by atoms with Gasteiger partial charge in [0.15, 0.2) is 0 Å². The van der Waals surface area contributed by atoms with Crippen molar-refractivity contribution < 1.29 is 19.4 Å². The molecule has 0 heterocycles. The van der Waals surface area contributed by atoms with Crippen molar-refractivity contribution in [2.75, 3.05) is 12.4 Å². The summed E-state index contributed by atoms with van der Waals surface area (Å²) in [5.74, 6) is -1.31. The summed E-state index contributed by atoms with van der Waals surface area (Å²) in [7, 11) is 1.46. The van der Waals surface area contributed by atoms with E-state index in [1.165, 1.54) is 13.2 Å². The van der Waals surface area contributed by atoms with Crippen molar-refractivity contribution in [3.05, 3.63) is 35.4 Å². The number of aliphatic carboxylic acids is 1. The Bertz CT molecular complexity index is 471. The molecule has 0 aromatic heterocycles. The van der Waals surface area contributed by atoms with Crippen LogP contribution in [0.25, 0.3) is 0 Å². The Morgan fingerprint density at radius 2 is 2.12 bits per heavy atom. The minimum atomic E-state index is -1.19. The Morgan fingerprint density at radius 1 is 1.41 bits per heavy atom. The Balaban J connectivity index is 2.75. The fourth-order valence-electron chi connectivity index (χ4n) is 1.07. The molecule has 5 nitrogen and oxygen atoms in total. The first-order valence-electron chi connectivity index (χ1n) is 4.58. The standard InChI is InChI=1S/C11H10ClNO4/c1-17-9-6-7(2-3-8(9)12)13-10(14)4-5-11(15)16/h2-6H,1H3,(H,13,14)(H,15,16)/b5-4+. The van der Waals surface area contributed by atoms with Gasteiger partial charge in [-0.1, -0.05) is 11.6 Å². The van der Waals surface area contributed by atoms with Gasteiger partial charge in [0, 0.05) is 23.9 Å². The molecule has 0 saturated carbocycles. The molecule has 17 heavy (non-hydrogen) atoms. The van der Waals surface area contributed by atoms with Crippen LogP contribution in [0.1, 0.15) is 0 Å². The van der Waals surface area contributed by atoms with Crippen molar-refractivity contribution in [2.24, 2.45) is 0 Å². The van der Waals surface area contributed by atoms with Crippen molar-refractivity contribution in [3.8, 4) is 5.75 Å². The Morgan fingerprint density at radius 3 is 2.71 bits per heavy atom. The van der Waals surface area contributed by atoms with E-state index in [2.05, 4.69) is 5.32 Å². The normalized spacial score (nSPS) is 10.2. The van der Waals surface area contributed by atoms with Crippen molar-refractivity contribution in [1.82, 2.24) is 0 Å². The molecule has 2 N–H and O–H groups in total. The van der Waals surface area contributed by atoms with Crippen molar-refractivity contribution in [1.29, 1.82) is 0 Å². The summed E-state index contributed by atoms with van der Waals surface area (Å²) in [6.45, 7) is 0. The first-order valence-corrected chi connectivity index (χ1v) is 4.96. The van der Waals surface area contributed by atoms with Crippen molar-refractivity contribution >= 4 is 29.2 Å². The van der Waals surface area contributed by atoms with Crippen LogP contribution in [-0.2, 0) is 9.59 Å². The number of methoxy groups -OCH3 is 1. The summed E-state index contributed by atoms with van der Waals surface area (Å²) in [4.78, 5) is 21.5. The van der Waals surface area contributed by atoms with Crippen LogP contribution in [0.4, 0.5) is 5.69 Å². The molecule has 0 radical (unpaired) electrons. The molecule has 0 bridgehead atoms. The van der Waals surface area contributed by atoms with Crippen molar-refractivity contribution in [3.63, 3.8) is 0 Å². The molecule has 1 rings (SSSR count). The highest BCUT2D eigenvalue weighted by Gasteiger charge is 2.04. The van der Waals surface area contributed by atoms with E-state index in [4.69, 9.17) is 21.4 Å². The monoisotopic (exact) mass is 255 g/mol. The SMILES string of the molecule is COc1cc(NC(=O)/C=C/C(=O)O)ccc1Cl. The van der Waals surface area contributed by atoms with E-state index in [-0.39, 0.29) is 0 Å². The maximum atomic E-state index is 11.3. The largest absolute Gasteiger partial charge is 0.495 e. The molecule has 0 aliphatic carbocycles. The van der Waals surface area contributed by atoms with Crippen LogP contribution in [0.15, 0.2) is 30.4 Å². The number of benzene rings is 1. The van der Waals surface area contributed by atoms with Gasteiger partial charge in [-0.25, -0.2) is 4.79 Å². The maximum Gasteiger partial charge on any atom is 0.328 e. The summed E-state index contributed by atoms with van der Waals surface area (Å²) < 4.78 is 4.97. The van der Waals surface area contributed by atoms with Gasteiger partial charge >= 0.3 is 5.97 Å². The minimum absolute atomic E-state index is 0.423.